The fraction of sp³-hybridized carbons (Fsp3) is 0.412. The zero-order valence-corrected chi connectivity index (χ0v) is 13.1. The fourth-order valence-corrected chi connectivity index (χ4v) is 2.78. The van der Waals surface area contributed by atoms with Gasteiger partial charge in [-0.15, -0.1) is 11.6 Å². The van der Waals surface area contributed by atoms with Crippen LogP contribution in [0.15, 0.2) is 36.5 Å². The highest BCUT2D eigenvalue weighted by Crippen LogP contribution is 2.14. The lowest BCUT2D eigenvalue weighted by molar-refractivity contribution is 0.0946. The van der Waals surface area contributed by atoms with E-state index in [4.69, 9.17) is 11.6 Å². The van der Waals surface area contributed by atoms with Crippen LogP contribution in [0.25, 0.3) is 10.9 Å². The number of nitrogens with zero attached hydrogens (tertiary/aromatic N) is 1. The maximum atomic E-state index is 12.2. The second-order valence-corrected chi connectivity index (χ2v) is 5.63. The van der Waals surface area contributed by atoms with Crippen LogP contribution in [-0.2, 0) is 0 Å². The molecule has 0 saturated carbocycles. The van der Waals surface area contributed by atoms with Crippen molar-refractivity contribution in [1.82, 2.24) is 10.3 Å². The molecule has 3 nitrogen and oxygen atoms in total. The maximum absolute atomic E-state index is 12.2. The summed E-state index contributed by atoms with van der Waals surface area (Å²) in [5.41, 5.74) is 1.58. The first-order chi connectivity index (χ1) is 10.2. The van der Waals surface area contributed by atoms with Gasteiger partial charge in [0.15, 0.2) is 0 Å². The fourth-order valence-electron chi connectivity index (χ4n) is 2.47. The van der Waals surface area contributed by atoms with Crippen molar-refractivity contribution in [2.24, 2.45) is 5.92 Å². The average molecular weight is 305 g/mol. The smallest absolute Gasteiger partial charge is 0.251 e. The van der Waals surface area contributed by atoms with Crippen molar-refractivity contribution in [1.29, 1.82) is 0 Å². The van der Waals surface area contributed by atoms with Gasteiger partial charge in [0.2, 0.25) is 0 Å². The Morgan fingerprint density at radius 2 is 2.19 bits per heavy atom. The number of halogens is 1. The van der Waals surface area contributed by atoms with Gasteiger partial charge < -0.3 is 5.32 Å². The first-order valence-electron chi connectivity index (χ1n) is 7.43. The van der Waals surface area contributed by atoms with E-state index in [9.17, 15) is 4.79 Å². The van der Waals surface area contributed by atoms with Gasteiger partial charge in [0.05, 0.1) is 5.52 Å². The zero-order valence-electron chi connectivity index (χ0n) is 12.3. The van der Waals surface area contributed by atoms with E-state index in [1.807, 2.05) is 30.3 Å². The molecule has 1 unspecified atom stereocenters. The number of carbonyl (C=O) groups is 1. The van der Waals surface area contributed by atoms with Gasteiger partial charge in [0.25, 0.3) is 5.91 Å². The summed E-state index contributed by atoms with van der Waals surface area (Å²) in [4.78, 5) is 16.5. The van der Waals surface area contributed by atoms with Gasteiger partial charge in [-0.3, -0.25) is 9.78 Å². The van der Waals surface area contributed by atoms with Gasteiger partial charge in [0, 0.05) is 29.6 Å². The number of carbonyl (C=O) groups excluding carboxylic acids is 1. The predicted molar refractivity (Wildman–Crippen MR) is 87.8 cm³/mol. The third-order valence-electron chi connectivity index (χ3n) is 3.63. The molecule has 0 bridgehead atoms. The second-order valence-electron chi connectivity index (χ2n) is 5.25. The molecule has 112 valence electrons. The lowest BCUT2D eigenvalue weighted by Gasteiger charge is -2.15. The summed E-state index contributed by atoms with van der Waals surface area (Å²) in [5.74, 6) is 1.07. The Labute approximate surface area is 130 Å². The van der Waals surface area contributed by atoms with Crippen LogP contribution in [0.2, 0.25) is 0 Å². The third kappa shape index (κ3) is 4.43. The lowest BCUT2D eigenvalue weighted by atomic mass is 10.0. The van der Waals surface area contributed by atoms with Crippen LogP contribution in [0.5, 0.6) is 0 Å². The van der Waals surface area contributed by atoms with Crippen molar-refractivity contribution in [2.75, 3.05) is 12.4 Å². The number of aromatic nitrogens is 1. The molecule has 1 atom stereocenters. The van der Waals surface area contributed by atoms with Crippen LogP contribution < -0.4 is 5.32 Å². The highest BCUT2D eigenvalue weighted by Gasteiger charge is 2.11. The highest BCUT2D eigenvalue weighted by molar-refractivity contribution is 6.17. The van der Waals surface area contributed by atoms with E-state index in [0.717, 1.165) is 30.2 Å². The van der Waals surface area contributed by atoms with E-state index < -0.39 is 0 Å². The molecule has 1 aromatic carbocycles. The predicted octanol–water partition coefficient (Wildman–Crippen LogP) is 4.01. The van der Waals surface area contributed by atoms with Crippen LogP contribution in [0.3, 0.4) is 0 Å². The van der Waals surface area contributed by atoms with Gasteiger partial charge in [-0.05, 0) is 43.0 Å². The summed E-state index contributed by atoms with van der Waals surface area (Å²) < 4.78 is 0. The number of fused-ring (bicyclic) bond motifs is 1. The summed E-state index contributed by atoms with van der Waals surface area (Å²) in [6.45, 7) is 2.84. The summed E-state index contributed by atoms with van der Waals surface area (Å²) in [6, 6.07) is 9.43. The number of amides is 1. The first kappa shape index (κ1) is 15.8. The molecule has 0 spiro atoms. The molecule has 1 amide bonds. The molecule has 1 N–H and O–H groups in total. The molecule has 1 heterocycles. The number of hydrogen-bond donors (Lipinski definition) is 1. The molecule has 21 heavy (non-hydrogen) atoms. The van der Waals surface area contributed by atoms with Crippen LogP contribution in [0.4, 0.5) is 0 Å². The van der Waals surface area contributed by atoms with Gasteiger partial charge in [-0.1, -0.05) is 19.4 Å². The molecule has 0 fully saturated rings. The number of pyridine rings is 1. The molecule has 1 aromatic heterocycles. The Balaban J connectivity index is 2.01. The maximum Gasteiger partial charge on any atom is 0.251 e. The third-order valence-corrected chi connectivity index (χ3v) is 3.85. The van der Waals surface area contributed by atoms with E-state index in [1.54, 1.807) is 6.20 Å². The van der Waals surface area contributed by atoms with Crippen LogP contribution in [-0.4, -0.2) is 23.3 Å². The largest absolute Gasteiger partial charge is 0.352 e. The van der Waals surface area contributed by atoms with E-state index in [1.165, 1.54) is 0 Å². The van der Waals surface area contributed by atoms with Gasteiger partial charge in [-0.2, -0.15) is 0 Å². The number of alkyl halides is 1. The molecule has 0 aliphatic rings. The first-order valence-corrected chi connectivity index (χ1v) is 7.97. The number of nitrogens with one attached hydrogen (secondary N) is 1. The number of benzene rings is 1. The molecular formula is C17H21ClN2O. The summed E-state index contributed by atoms with van der Waals surface area (Å²) in [5, 5.41) is 4.00. The van der Waals surface area contributed by atoms with Crippen molar-refractivity contribution < 1.29 is 4.79 Å². The molecule has 0 aliphatic heterocycles. The summed E-state index contributed by atoms with van der Waals surface area (Å²) in [6.07, 6.45) is 4.90. The van der Waals surface area contributed by atoms with Gasteiger partial charge >= 0.3 is 0 Å². The Morgan fingerprint density at radius 1 is 1.33 bits per heavy atom. The van der Waals surface area contributed by atoms with Crippen molar-refractivity contribution in [3.05, 3.63) is 42.1 Å². The Kier molecular flexibility index (Phi) is 6.00. The molecule has 0 aliphatic carbocycles. The van der Waals surface area contributed by atoms with Crippen LogP contribution in [0, 0.1) is 5.92 Å². The average Bonchev–Trinajstić information content (AvgIpc) is 2.52. The molecule has 2 aromatic rings. The van der Waals surface area contributed by atoms with Gasteiger partial charge in [0.1, 0.15) is 0 Å². The van der Waals surface area contributed by atoms with Crippen molar-refractivity contribution >= 4 is 28.4 Å². The molecule has 4 heteroatoms. The SMILES string of the molecule is CCCC(CCCl)CNC(=O)c1ccc2ncccc2c1. The molecule has 0 saturated heterocycles. The number of hydrogen-bond acceptors (Lipinski definition) is 2. The number of rotatable bonds is 7. The molecule has 2 rings (SSSR count). The zero-order chi connectivity index (χ0) is 15.1. The minimum atomic E-state index is -0.0311. The summed E-state index contributed by atoms with van der Waals surface area (Å²) in [7, 11) is 0. The van der Waals surface area contributed by atoms with Crippen LogP contribution in [0.1, 0.15) is 36.5 Å². The Morgan fingerprint density at radius 3 is 2.95 bits per heavy atom. The minimum Gasteiger partial charge on any atom is -0.352 e. The van der Waals surface area contributed by atoms with E-state index >= 15 is 0 Å². The van der Waals surface area contributed by atoms with Crippen LogP contribution >= 0.6 is 11.6 Å². The highest BCUT2D eigenvalue weighted by atomic mass is 35.5. The summed E-state index contributed by atoms with van der Waals surface area (Å²) >= 11 is 5.81. The Bertz CT molecular complexity index is 594. The van der Waals surface area contributed by atoms with Gasteiger partial charge in [-0.25, -0.2) is 0 Å². The standard InChI is InChI=1S/C17H21ClN2O/c1-2-4-13(8-9-18)12-20-17(21)15-6-7-16-14(11-15)5-3-10-19-16/h3,5-7,10-11,13H,2,4,8-9,12H2,1H3,(H,20,21). The lowest BCUT2D eigenvalue weighted by Crippen LogP contribution is -2.29. The van der Waals surface area contributed by atoms with Crippen molar-refractivity contribution in [3.63, 3.8) is 0 Å². The minimum absolute atomic E-state index is 0.0311. The van der Waals surface area contributed by atoms with E-state index in [2.05, 4.69) is 17.2 Å². The van der Waals surface area contributed by atoms with Crippen molar-refractivity contribution in [3.8, 4) is 0 Å². The Hall–Kier alpha value is -1.61. The normalized spacial score (nSPS) is 12.3. The topological polar surface area (TPSA) is 42.0 Å². The second kappa shape index (κ2) is 7.99. The monoisotopic (exact) mass is 304 g/mol. The van der Waals surface area contributed by atoms with Crippen molar-refractivity contribution in [2.45, 2.75) is 26.2 Å². The molecular weight excluding hydrogens is 284 g/mol. The van der Waals surface area contributed by atoms with E-state index in [-0.39, 0.29) is 5.91 Å². The van der Waals surface area contributed by atoms with E-state index in [0.29, 0.717) is 23.9 Å². The quantitative estimate of drug-likeness (QED) is 0.785. The molecule has 0 radical (unpaired) electrons.